The third kappa shape index (κ3) is 1.52. The van der Waals surface area contributed by atoms with Gasteiger partial charge in [-0.25, -0.2) is 0 Å². The number of carboxylic acids is 1. The highest BCUT2D eigenvalue weighted by molar-refractivity contribution is 5.75. The molecule has 2 atom stereocenters. The summed E-state index contributed by atoms with van der Waals surface area (Å²) in [6.45, 7) is 4.14. The molecule has 2 nitrogen and oxygen atoms in total. The van der Waals surface area contributed by atoms with E-state index in [9.17, 15) is 4.79 Å². The third-order valence-electron chi connectivity index (χ3n) is 3.07. The fourth-order valence-electron chi connectivity index (χ4n) is 1.83. The largest absolute Gasteiger partial charge is 0.481 e. The molecule has 14 heavy (non-hydrogen) atoms. The maximum absolute atomic E-state index is 10.7. The lowest BCUT2D eigenvalue weighted by Crippen LogP contribution is -1.99. The summed E-state index contributed by atoms with van der Waals surface area (Å²) in [7, 11) is 0. The summed E-state index contributed by atoms with van der Waals surface area (Å²) >= 11 is 0. The van der Waals surface area contributed by atoms with Gasteiger partial charge < -0.3 is 5.11 Å². The van der Waals surface area contributed by atoms with Gasteiger partial charge in [0.1, 0.15) is 0 Å². The summed E-state index contributed by atoms with van der Waals surface area (Å²) in [6.07, 6.45) is 0.803. The van der Waals surface area contributed by atoms with E-state index in [1.807, 2.05) is 0 Å². The highest BCUT2D eigenvalue weighted by Gasteiger charge is 2.44. The molecule has 0 amide bonds. The van der Waals surface area contributed by atoms with E-state index in [1.165, 1.54) is 16.7 Å². The Morgan fingerprint density at radius 1 is 1.36 bits per heavy atom. The maximum Gasteiger partial charge on any atom is 0.307 e. The number of rotatable bonds is 2. The van der Waals surface area contributed by atoms with Crippen molar-refractivity contribution in [2.24, 2.45) is 5.92 Å². The average molecular weight is 190 g/mol. The van der Waals surface area contributed by atoms with Crippen molar-refractivity contribution in [2.75, 3.05) is 0 Å². The summed E-state index contributed by atoms with van der Waals surface area (Å²) < 4.78 is 0. The molecule has 1 fully saturated rings. The highest BCUT2D eigenvalue weighted by atomic mass is 16.4. The van der Waals surface area contributed by atoms with Crippen LogP contribution in [0.5, 0.6) is 0 Å². The second kappa shape index (κ2) is 3.12. The van der Waals surface area contributed by atoms with Gasteiger partial charge in [-0.2, -0.15) is 0 Å². The molecule has 1 saturated carbocycles. The van der Waals surface area contributed by atoms with Gasteiger partial charge in [-0.1, -0.05) is 18.2 Å². The van der Waals surface area contributed by atoms with Crippen LogP contribution in [-0.4, -0.2) is 11.1 Å². The molecule has 0 unspecified atom stereocenters. The molecule has 1 N–H and O–H groups in total. The minimum Gasteiger partial charge on any atom is -0.481 e. The van der Waals surface area contributed by atoms with Crippen molar-refractivity contribution in [3.05, 3.63) is 34.9 Å². The SMILES string of the molecule is Cc1ccc([C@H]2C[C@@H]2C(=O)O)cc1C. The van der Waals surface area contributed by atoms with Gasteiger partial charge in [-0.3, -0.25) is 4.79 Å². The lowest BCUT2D eigenvalue weighted by Gasteiger charge is -2.03. The molecular weight excluding hydrogens is 176 g/mol. The maximum atomic E-state index is 10.7. The summed E-state index contributed by atoms with van der Waals surface area (Å²) in [5.74, 6) is -0.544. The molecule has 0 aromatic heterocycles. The molecule has 1 aliphatic carbocycles. The van der Waals surface area contributed by atoms with Crippen LogP contribution in [0.15, 0.2) is 18.2 Å². The minimum absolute atomic E-state index is 0.142. The second-order valence-electron chi connectivity index (χ2n) is 4.13. The molecule has 0 radical (unpaired) electrons. The Hall–Kier alpha value is -1.31. The molecule has 0 bridgehead atoms. The third-order valence-corrected chi connectivity index (χ3v) is 3.07. The van der Waals surface area contributed by atoms with Crippen LogP contribution >= 0.6 is 0 Å². The fourth-order valence-corrected chi connectivity index (χ4v) is 1.83. The molecule has 2 heteroatoms. The van der Waals surface area contributed by atoms with Crippen LogP contribution in [-0.2, 0) is 4.79 Å². The van der Waals surface area contributed by atoms with Crippen LogP contribution in [0.25, 0.3) is 0 Å². The Morgan fingerprint density at radius 3 is 2.57 bits per heavy atom. The van der Waals surface area contributed by atoms with E-state index in [0.717, 1.165) is 6.42 Å². The van der Waals surface area contributed by atoms with Crippen molar-refractivity contribution in [2.45, 2.75) is 26.2 Å². The fraction of sp³-hybridized carbons (Fsp3) is 0.417. The van der Waals surface area contributed by atoms with Gasteiger partial charge in [0.25, 0.3) is 0 Å². The van der Waals surface area contributed by atoms with Crippen LogP contribution in [0.4, 0.5) is 0 Å². The lowest BCUT2D eigenvalue weighted by atomic mass is 10.0. The lowest BCUT2D eigenvalue weighted by molar-refractivity contribution is -0.138. The highest BCUT2D eigenvalue weighted by Crippen LogP contribution is 2.47. The van der Waals surface area contributed by atoms with E-state index in [-0.39, 0.29) is 11.8 Å². The van der Waals surface area contributed by atoms with Gasteiger partial charge in [0.05, 0.1) is 5.92 Å². The number of aliphatic carboxylic acids is 1. The molecule has 0 heterocycles. The number of hydrogen-bond donors (Lipinski definition) is 1. The molecule has 74 valence electrons. The smallest absolute Gasteiger partial charge is 0.307 e. The number of carbonyl (C=O) groups is 1. The number of carboxylic acid groups (broad SMARTS) is 1. The van der Waals surface area contributed by atoms with E-state index in [1.54, 1.807) is 0 Å². The first-order valence-electron chi connectivity index (χ1n) is 4.89. The van der Waals surface area contributed by atoms with Gasteiger partial charge in [-0.15, -0.1) is 0 Å². The van der Waals surface area contributed by atoms with Crippen LogP contribution in [0.1, 0.15) is 29.0 Å². The van der Waals surface area contributed by atoms with Crippen LogP contribution in [0.3, 0.4) is 0 Å². The number of aryl methyl sites for hydroxylation is 2. The Kier molecular flexibility index (Phi) is 2.06. The average Bonchev–Trinajstić information content (AvgIpc) is 2.89. The Bertz CT molecular complexity index is 382. The van der Waals surface area contributed by atoms with Gasteiger partial charge in [0, 0.05) is 0 Å². The van der Waals surface area contributed by atoms with Crippen molar-refractivity contribution in [1.29, 1.82) is 0 Å². The molecule has 1 aromatic rings. The van der Waals surface area contributed by atoms with Crippen molar-refractivity contribution < 1.29 is 9.90 Å². The predicted octanol–water partition coefficient (Wildman–Crippen LogP) is 2.49. The van der Waals surface area contributed by atoms with Gasteiger partial charge in [0.2, 0.25) is 0 Å². The van der Waals surface area contributed by atoms with Crippen molar-refractivity contribution in [3.63, 3.8) is 0 Å². The summed E-state index contributed by atoms with van der Waals surface area (Å²) in [4.78, 5) is 10.7. The molecule has 0 saturated heterocycles. The first-order valence-corrected chi connectivity index (χ1v) is 4.89. The first kappa shape index (κ1) is 9.25. The van der Waals surface area contributed by atoms with E-state index >= 15 is 0 Å². The Balaban J connectivity index is 2.20. The van der Waals surface area contributed by atoms with Gasteiger partial charge in [0.15, 0.2) is 0 Å². The first-order chi connectivity index (χ1) is 6.59. The molecule has 2 rings (SSSR count). The quantitative estimate of drug-likeness (QED) is 0.778. The molecular formula is C12H14O2. The molecule has 0 aliphatic heterocycles. The van der Waals surface area contributed by atoms with Crippen molar-refractivity contribution in [3.8, 4) is 0 Å². The minimum atomic E-state index is -0.659. The monoisotopic (exact) mass is 190 g/mol. The standard InChI is InChI=1S/C12H14O2/c1-7-3-4-9(5-8(7)2)10-6-11(10)12(13)14/h3-5,10-11H,6H2,1-2H3,(H,13,14)/t10-,11+/m1/s1. The summed E-state index contributed by atoms with van der Waals surface area (Å²) in [5, 5.41) is 8.81. The summed E-state index contributed by atoms with van der Waals surface area (Å²) in [6, 6.07) is 6.24. The van der Waals surface area contributed by atoms with Crippen LogP contribution in [0, 0.1) is 19.8 Å². The van der Waals surface area contributed by atoms with Crippen LogP contribution in [0.2, 0.25) is 0 Å². The zero-order chi connectivity index (χ0) is 10.3. The Labute approximate surface area is 83.6 Å². The van der Waals surface area contributed by atoms with E-state index in [0.29, 0.717) is 0 Å². The van der Waals surface area contributed by atoms with E-state index in [2.05, 4.69) is 32.0 Å². The zero-order valence-electron chi connectivity index (χ0n) is 8.45. The predicted molar refractivity (Wildman–Crippen MR) is 54.4 cm³/mol. The van der Waals surface area contributed by atoms with Gasteiger partial charge in [-0.05, 0) is 42.9 Å². The molecule has 1 aliphatic rings. The molecule has 0 spiro atoms. The topological polar surface area (TPSA) is 37.3 Å². The normalized spacial score (nSPS) is 24.7. The van der Waals surface area contributed by atoms with Gasteiger partial charge >= 0.3 is 5.97 Å². The number of benzene rings is 1. The second-order valence-corrected chi connectivity index (χ2v) is 4.13. The van der Waals surface area contributed by atoms with E-state index < -0.39 is 5.97 Å². The van der Waals surface area contributed by atoms with Crippen molar-refractivity contribution in [1.82, 2.24) is 0 Å². The van der Waals surface area contributed by atoms with Crippen molar-refractivity contribution >= 4 is 5.97 Å². The molecule has 1 aromatic carbocycles. The summed E-state index contributed by atoms with van der Waals surface area (Å²) in [5.41, 5.74) is 3.69. The zero-order valence-corrected chi connectivity index (χ0v) is 8.45. The van der Waals surface area contributed by atoms with E-state index in [4.69, 9.17) is 5.11 Å². The number of hydrogen-bond acceptors (Lipinski definition) is 1. The Morgan fingerprint density at radius 2 is 2.07 bits per heavy atom. The van der Waals surface area contributed by atoms with Crippen LogP contribution < -0.4 is 0 Å².